The molecule has 3 amide bonds. The first-order chi connectivity index (χ1) is 30.6. The zero-order chi connectivity index (χ0) is 48.4. The first-order valence-electron chi connectivity index (χ1n) is 23.4. The van der Waals surface area contributed by atoms with E-state index in [1.165, 1.54) is 6.92 Å². The average Bonchev–Trinajstić information content (AvgIpc) is 3.74. The van der Waals surface area contributed by atoms with E-state index >= 15 is 0 Å². The van der Waals surface area contributed by atoms with Gasteiger partial charge in [0.25, 0.3) is 5.91 Å². The molecule has 0 aliphatic carbocycles. The van der Waals surface area contributed by atoms with Gasteiger partial charge in [0.05, 0.1) is 12.1 Å². The number of aromatic nitrogens is 1. The van der Waals surface area contributed by atoms with Gasteiger partial charge in [-0.05, 0) is 101 Å². The molecular formula is C47H78N6O10SSi. The predicted molar refractivity (Wildman–Crippen MR) is 254 cm³/mol. The predicted octanol–water partition coefficient (Wildman–Crippen LogP) is 5.88. The molecule has 0 radical (unpaired) electrons. The molecule has 0 bridgehead atoms. The minimum absolute atomic E-state index is 0.0875. The molecule has 2 unspecified atom stereocenters. The number of rotatable bonds is 27. The van der Waals surface area contributed by atoms with Crippen LogP contribution in [0.1, 0.15) is 133 Å². The van der Waals surface area contributed by atoms with E-state index in [1.807, 2.05) is 59.7 Å². The lowest BCUT2D eigenvalue weighted by Crippen LogP contribution is -2.61. The molecule has 0 saturated carbocycles. The SMILES string of the molecule is CCCC(=O)OCN(C(O)[C@H](NC(=O)[C@@H]1CCCCN1C)C(C)CC)[C@@H](C[C@H](OC(C)=O)c1nc(C(=O)N[C@H](Cc2ccc(O)cc2)C[C@@H](C)C(=O)NCCC[Si](C)(C)O)cs1)C(C)C. The number of phenols is 1. The fourth-order valence-electron chi connectivity index (χ4n) is 8.19. The van der Waals surface area contributed by atoms with Gasteiger partial charge in [0.2, 0.25) is 11.8 Å². The van der Waals surface area contributed by atoms with Gasteiger partial charge in [-0.25, -0.2) is 9.88 Å². The number of phenolic OH excluding ortho intramolecular Hbond substituents is 1. The number of piperidine rings is 1. The number of aromatic hydroxyl groups is 1. The molecule has 1 aromatic carbocycles. The van der Waals surface area contributed by atoms with Crippen LogP contribution in [0.4, 0.5) is 0 Å². The highest BCUT2D eigenvalue weighted by Gasteiger charge is 2.40. The van der Waals surface area contributed by atoms with Crippen molar-refractivity contribution < 1.29 is 48.5 Å². The van der Waals surface area contributed by atoms with Gasteiger partial charge in [0, 0.05) is 49.7 Å². The number of hydrogen-bond donors (Lipinski definition) is 6. The van der Waals surface area contributed by atoms with E-state index in [1.54, 1.807) is 41.5 Å². The number of aliphatic hydroxyl groups excluding tert-OH is 1. The van der Waals surface area contributed by atoms with Gasteiger partial charge in [-0.3, -0.25) is 28.9 Å². The highest BCUT2D eigenvalue weighted by molar-refractivity contribution is 7.09. The Kier molecular flexibility index (Phi) is 23.0. The highest BCUT2D eigenvalue weighted by atomic mass is 32.1. The van der Waals surface area contributed by atoms with Crippen molar-refractivity contribution in [1.29, 1.82) is 0 Å². The van der Waals surface area contributed by atoms with Crippen molar-refractivity contribution in [2.75, 3.05) is 26.9 Å². The number of likely N-dealkylation sites (tertiary alicyclic amines) is 1. The van der Waals surface area contributed by atoms with Crippen LogP contribution in [0.25, 0.3) is 0 Å². The van der Waals surface area contributed by atoms with Gasteiger partial charge in [0.15, 0.2) is 14.4 Å². The van der Waals surface area contributed by atoms with Crippen molar-refractivity contribution in [3.8, 4) is 5.75 Å². The quantitative estimate of drug-likeness (QED) is 0.0267. The molecular weight excluding hydrogens is 869 g/mol. The molecule has 8 atom stereocenters. The average molecular weight is 947 g/mol. The summed E-state index contributed by atoms with van der Waals surface area (Å²) in [6.07, 6.45) is 3.22. The van der Waals surface area contributed by atoms with Crippen LogP contribution >= 0.6 is 11.3 Å². The molecule has 18 heteroatoms. The normalized spacial score (nSPS) is 17.9. The molecule has 65 heavy (non-hydrogen) atoms. The number of hydrogen-bond acceptors (Lipinski definition) is 14. The lowest BCUT2D eigenvalue weighted by Gasteiger charge is -2.43. The topological polar surface area (TPSA) is 220 Å². The molecule has 2 heterocycles. The second-order valence-corrected chi connectivity index (χ2v) is 23.9. The van der Waals surface area contributed by atoms with E-state index < -0.39 is 62.5 Å². The minimum Gasteiger partial charge on any atom is -0.508 e. The van der Waals surface area contributed by atoms with E-state index in [9.17, 15) is 39.0 Å². The number of ether oxygens (including phenoxy) is 2. The molecule has 1 saturated heterocycles. The second kappa shape index (κ2) is 27.0. The monoisotopic (exact) mass is 947 g/mol. The van der Waals surface area contributed by atoms with Crippen molar-refractivity contribution in [2.45, 2.75) is 168 Å². The maximum Gasteiger partial charge on any atom is 0.307 e. The molecule has 1 aliphatic heterocycles. The number of carbonyl (C=O) groups excluding carboxylic acids is 5. The van der Waals surface area contributed by atoms with Crippen LogP contribution < -0.4 is 16.0 Å². The van der Waals surface area contributed by atoms with Crippen molar-refractivity contribution in [3.63, 3.8) is 0 Å². The summed E-state index contributed by atoms with van der Waals surface area (Å²) in [6, 6.07) is 5.16. The summed E-state index contributed by atoms with van der Waals surface area (Å²) < 4.78 is 11.7. The molecule has 1 fully saturated rings. The third kappa shape index (κ3) is 18.7. The molecule has 2 aromatic rings. The number of amides is 3. The summed E-state index contributed by atoms with van der Waals surface area (Å²) in [5, 5.41) is 33.3. The Morgan fingerprint density at radius 2 is 1.72 bits per heavy atom. The van der Waals surface area contributed by atoms with E-state index in [2.05, 4.69) is 20.9 Å². The fourth-order valence-corrected chi connectivity index (χ4v) is 10.1. The summed E-state index contributed by atoms with van der Waals surface area (Å²) in [5.74, 6) is -2.57. The van der Waals surface area contributed by atoms with Gasteiger partial charge >= 0.3 is 11.9 Å². The third-order valence-electron chi connectivity index (χ3n) is 12.2. The molecule has 3 rings (SSSR count). The summed E-state index contributed by atoms with van der Waals surface area (Å²) in [4.78, 5) is 85.0. The Morgan fingerprint density at radius 3 is 2.32 bits per heavy atom. The lowest BCUT2D eigenvalue weighted by atomic mass is 9.91. The van der Waals surface area contributed by atoms with Crippen LogP contribution in [0.2, 0.25) is 19.1 Å². The largest absolute Gasteiger partial charge is 0.508 e. The molecule has 16 nitrogen and oxygen atoms in total. The van der Waals surface area contributed by atoms with Crippen molar-refractivity contribution in [3.05, 3.63) is 45.9 Å². The molecule has 1 aliphatic rings. The van der Waals surface area contributed by atoms with E-state index in [-0.39, 0.29) is 60.7 Å². The molecule has 6 N–H and O–H groups in total. The Bertz CT molecular complexity index is 1810. The van der Waals surface area contributed by atoms with E-state index in [0.717, 1.165) is 36.3 Å². The number of benzene rings is 1. The standard InChI is InChI=1S/C47H78N6O10SSi/c1-11-16-41(56)62-29-53(47(60)42(31(5)12-2)51-45(59)38-17-13-14-23-52(38)8)39(30(3)4)27-40(63-33(7)54)46-50-37(28-64-46)44(58)49-35(26-34-18-20-36(55)21-19-34)25-32(6)43(57)48-22-15-24-65(9,10)61/h18-21,28,30-32,35,38-40,42,47,55,60-61H,11-17,22-27,29H2,1-10H3,(H,48,57)(H,49,58)(H,51,59)/t31?,32-,35+,38+,39+,40+,42-,47?/m1/s1. The number of likely N-dealkylation sites (N-methyl/N-ethyl adjacent to an activating group) is 1. The Morgan fingerprint density at radius 1 is 1.03 bits per heavy atom. The summed E-state index contributed by atoms with van der Waals surface area (Å²) in [5.41, 5.74) is 0.928. The number of carbonyl (C=O) groups is 5. The Hall–Kier alpha value is -3.94. The van der Waals surface area contributed by atoms with Gasteiger partial charge in [0.1, 0.15) is 29.4 Å². The maximum absolute atomic E-state index is 14.0. The first-order valence-corrected chi connectivity index (χ1v) is 27.5. The zero-order valence-corrected chi connectivity index (χ0v) is 42.2. The van der Waals surface area contributed by atoms with Gasteiger partial charge in [-0.15, -0.1) is 11.3 Å². The van der Waals surface area contributed by atoms with Crippen LogP contribution in [-0.4, -0.2) is 125 Å². The number of esters is 2. The smallest absolute Gasteiger partial charge is 0.307 e. The minimum atomic E-state index is -2.24. The number of nitrogens with one attached hydrogen (secondary N) is 3. The van der Waals surface area contributed by atoms with E-state index in [0.29, 0.717) is 56.1 Å². The third-order valence-corrected chi connectivity index (χ3v) is 14.7. The summed E-state index contributed by atoms with van der Waals surface area (Å²) >= 11 is 1.15. The van der Waals surface area contributed by atoms with Gasteiger partial charge in [-0.2, -0.15) is 0 Å². The van der Waals surface area contributed by atoms with Crippen LogP contribution in [0.15, 0.2) is 29.6 Å². The number of aliphatic hydroxyl groups is 1. The van der Waals surface area contributed by atoms with Gasteiger partial charge in [-0.1, -0.05) is 66.5 Å². The fraction of sp³-hybridized carbons (Fsp3) is 0.702. The Labute approximate surface area is 391 Å². The molecule has 1 aromatic heterocycles. The summed E-state index contributed by atoms with van der Waals surface area (Å²) in [7, 11) is -0.309. The van der Waals surface area contributed by atoms with Crippen LogP contribution in [0, 0.1) is 17.8 Å². The van der Waals surface area contributed by atoms with Gasteiger partial charge < -0.3 is 40.4 Å². The molecule has 0 spiro atoms. The number of thiazole rings is 1. The van der Waals surface area contributed by atoms with Crippen molar-refractivity contribution >= 4 is 49.3 Å². The summed E-state index contributed by atoms with van der Waals surface area (Å²) in [6.45, 7) is 17.5. The molecule has 366 valence electrons. The van der Waals surface area contributed by atoms with Crippen LogP contribution in [-0.2, 0) is 35.1 Å². The second-order valence-electron chi connectivity index (χ2n) is 18.8. The first kappa shape index (κ1) is 55.4. The maximum atomic E-state index is 14.0. The van der Waals surface area contributed by atoms with E-state index in [4.69, 9.17) is 9.47 Å². The highest BCUT2D eigenvalue weighted by Crippen LogP contribution is 2.33. The lowest BCUT2D eigenvalue weighted by molar-refractivity contribution is -0.167. The number of nitrogens with zero attached hydrogens (tertiary/aromatic N) is 3. The van der Waals surface area contributed by atoms with Crippen LogP contribution in [0.3, 0.4) is 0 Å². The Balaban J connectivity index is 1.92. The zero-order valence-electron chi connectivity index (χ0n) is 40.4. The van der Waals surface area contributed by atoms with Crippen molar-refractivity contribution in [2.24, 2.45) is 17.8 Å². The van der Waals surface area contributed by atoms with Crippen LogP contribution in [0.5, 0.6) is 5.75 Å². The van der Waals surface area contributed by atoms with Crippen molar-refractivity contribution in [1.82, 2.24) is 30.7 Å².